The second kappa shape index (κ2) is 7.89. The number of benzene rings is 1. The fourth-order valence-corrected chi connectivity index (χ4v) is 1.74. The Morgan fingerprint density at radius 2 is 1.82 bits per heavy atom. The van der Waals surface area contributed by atoms with E-state index in [1.165, 1.54) is 36.1 Å². The van der Waals surface area contributed by atoms with E-state index in [-0.39, 0.29) is 5.69 Å². The summed E-state index contributed by atoms with van der Waals surface area (Å²) in [6, 6.07) is 6.01. The molecule has 6 heteroatoms. The summed E-state index contributed by atoms with van der Waals surface area (Å²) in [6.07, 6.45) is 2.68. The Labute approximate surface area is 129 Å². The van der Waals surface area contributed by atoms with Crippen LogP contribution in [0.25, 0.3) is 0 Å². The Kier molecular flexibility index (Phi) is 6.49. The van der Waals surface area contributed by atoms with Crippen molar-refractivity contribution in [1.82, 2.24) is 0 Å². The van der Waals surface area contributed by atoms with Crippen LogP contribution in [0.3, 0.4) is 0 Å². The van der Waals surface area contributed by atoms with Gasteiger partial charge in [-0.3, -0.25) is 0 Å². The predicted molar refractivity (Wildman–Crippen MR) is 84.1 cm³/mol. The number of nitrogens with zero attached hydrogens (tertiary/aromatic N) is 1. The van der Waals surface area contributed by atoms with Crippen LogP contribution in [-0.2, 0) is 6.18 Å². The minimum Gasteiger partial charge on any atom is -0.405 e. The first-order valence-electron chi connectivity index (χ1n) is 7.01. The second-order valence-electron chi connectivity index (χ2n) is 4.98. The molecule has 1 saturated carbocycles. The smallest absolute Gasteiger partial charge is 0.405 e. The highest BCUT2D eigenvalue weighted by Crippen LogP contribution is 2.37. The van der Waals surface area contributed by atoms with Gasteiger partial charge in [-0.05, 0) is 44.2 Å². The number of rotatable bonds is 3. The molecule has 1 aromatic carbocycles. The third-order valence-corrected chi connectivity index (χ3v) is 3.14. The molecule has 0 atom stereocenters. The molecule has 3 nitrogen and oxygen atoms in total. The van der Waals surface area contributed by atoms with Gasteiger partial charge in [-0.1, -0.05) is 18.2 Å². The van der Waals surface area contributed by atoms with E-state index in [0.717, 1.165) is 6.07 Å². The molecule has 0 aromatic heterocycles. The van der Waals surface area contributed by atoms with Gasteiger partial charge in [-0.15, -0.1) is 0 Å². The molecule has 2 rings (SSSR count). The molecule has 0 unspecified atom stereocenters. The number of allylic oxidation sites excluding steroid dienone is 2. The molecule has 0 saturated heterocycles. The van der Waals surface area contributed by atoms with Crippen LogP contribution in [0.1, 0.15) is 25.3 Å². The van der Waals surface area contributed by atoms with Gasteiger partial charge < -0.3 is 16.4 Å². The molecule has 0 radical (unpaired) electrons. The molecule has 1 fully saturated rings. The van der Waals surface area contributed by atoms with E-state index in [9.17, 15) is 13.2 Å². The number of likely N-dealkylation sites (N-methyl/N-ethyl adjacent to an activating group) is 1. The van der Waals surface area contributed by atoms with Crippen LogP contribution in [0.15, 0.2) is 48.3 Å². The van der Waals surface area contributed by atoms with Crippen molar-refractivity contribution in [1.29, 1.82) is 0 Å². The van der Waals surface area contributed by atoms with Crippen LogP contribution >= 0.6 is 0 Å². The molecule has 0 amide bonds. The van der Waals surface area contributed by atoms with E-state index in [2.05, 4.69) is 0 Å². The van der Waals surface area contributed by atoms with Crippen molar-refractivity contribution >= 4 is 5.69 Å². The zero-order valence-electron chi connectivity index (χ0n) is 12.8. The van der Waals surface area contributed by atoms with E-state index < -0.39 is 11.7 Å². The highest BCUT2D eigenvalue weighted by Gasteiger charge is 2.34. The number of hydrogen-bond donors (Lipinski definition) is 2. The summed E-state index contributed by atoms with van der Waals surface area (Å²) < 4.78 is 38.6. The summed E-state index contributed by atoms with van der Waals surface area (Å²) >= 11 is 0. The quantitative estimate of drug-likeness (QED) is 0.838. The average Bonchev–Trinajstić information content (AvgIpc) is 3.26. The van der Waals surface area contributed by atoms with Crippen molar-refractivity contribution in [2.75, 3.05) is 11.9 Å². The molecule has 1 aromatic rings. The minimum atomic E-state index is -4.38. The van der Waals surface area contributed by atoms with Gasteiger partial charge in [0.05, 0.1) is 11.3 Å². The number of alkyl halides is 3. The Morgan fingerprint density at radius 3 is 2.23 bits per heavy atom. The van der Waals surface area contributed by atoms with Gasteiger partial charge in [0, 0.05) is 18.8 Å². The maximum atomic E-state index is 12.9. The fraction of sp³-hybridized carbons (Fsp3) is 0.375. The first-order chi connectivity index (χ1) is 10.3. The van der Waals surface area contributed by atoms with Crippen molar-refractivity contribution < 1.29 is 13.2 Å². The number of nitrogens with two attached hydrogens (primary N) is 2. The molecule has 22 heavy (non-hydrogen) atoms. The lowest BCUT2D eigenvalue weighted by Gasteiger charge is -2.24. The summed E-state index contributed by atoms with van der Waals surface area (Å²) in [5.74, 6) is 0. The zero-order valence-corrected chi connectivity index (χ0v) is 12.8. The zero-order chi connectivity index (χ0) is 16.8. The largest absolute Gasteiger partial charge is 0.418 e. The topological polar surface area (TPSA) is 55.3 Å². The van der Waals surface area contributed by atoms with Crippen LogP contribution in [0, 0.1) is 0 Å². The number of halogens is 3. The Bertz CT molecular complexity index is 532. The van der Waals surface area contributed by atoms with Gasteiger partial charge >= 0.3 is 6.18 Å². The van der Waals surface area contributed by atoms with Gasteiger partial charge in [0.15, 0.2) is 0 Å². The lowest BCUT2D eigenvalue weighted by Crippen LogP contribution is -2.20. The lowest BCUT2D eigenvalue weighted by molar-refractivity contribution is -0.137. The SMILES string of the molecule is C/C=C(\C=C/N)N(C)c1ccccc1C(F)(F)F.NC1CC1. The maximum Gasteiger partial charge on any atom is 0.418 e. The number of hydrogen-bond acceptors (Lipinski definition) is 3. The van der Waals surface area contributed by atoms with Crippen LogP contribution in [-0.4, -0.2) is 13.1 Å². The summed E-state index contributed by atoms with van der Waals surface area (Å²) in [4.78, 5) is 1.45. The first-order valence-corrected chi connectivity index (χ1v) is 7.01. The maximum absolute atomic E-state index is 12.9. The summed E-state index contributed by atoms with van der Waals surface area (Å²) in [5.41, 5.74) is 10.5. The van der Waals surface area contributed by atoms with E-state index in [1.807, 2.05) is 0 Å². The molecule has 1 aliphatic rings. The lowest BCUT2D eigenvalue weighted by atomic mass is 10.1. The van der Waals surface area contributed by atoms with Gasteiger partial charge in [0.1, 0.15) is 0 Å². The molecule has 0 aliphatic heterocycles. The van der Waals surface area contributed by atoms with Crippen LogP contribution in [0.2, 0.25) is 0 Å². The van der Waals surface area contributed by atoms with Crippen molar-refractivity contribution in [3.63, 3.8) is 0 Å². The fourth-order valence-electron chi connectivity index (χ4n) is 1.74. The molecule has 4 N–H and O–H groups in total. The van der Waals surface area contributed by atoms with Gasteiger partial charge in [-0.2, -0.15) is 13.2 Å². The van der Waals surface area contributed by atoms with Crippen molar-refractivity contribution in [2.24, 2.45) is 11.5 Å². The Balaban J connectivity index is 0.000000519. The van der Waals surface area contributed by atoms with Gasteiger partial charge in [-0.25, -0.2) is 0 Å². The third kappa shape index (κ3) is 5.44. The molecule has 0 heterocycles. The van der Waals surface area contributed by atoms with E-state index >= 15 is 0 Å². The Morgan fingerprint density at radius 1 is 1.27 bits per heavy atom. The monoisotopic (exact) mass is 313 g/mol. The van der Waals surface area contributed by atoms with Crippen molar-refractivity contribution in [3.05, 3.63) is 53.9 Å². The molecule has 0 spiro atoms. The summed E-state index contributed by atoms with van der Waals surface area (Å²) in [7, 11) is 1.57. The van der Waals surface area contributed by atoms with Crippen molar-refractivity contribution in [3.8, 4) is 0 Å². The standard InChI is InChI=1S/C13H15F3N2.C3H7N/c1-3-10(8-9-17)18(2)12-7-5-4-6-11(12)13(14,15)16;4-3-1-2-3/h3-9H,17H2,1-2H3;3H,1-2,4H2/b9-8-,10-3+;. The summed E-state index contributed by atoms with van der Waals surface area (Å²) in [6.45, 7) is 1.74. The van der Waals surface area contributed by atoms with Crippen molar-refractivity contribution in [2.45, 2.75) is 32.0 Å². The summed E-state index contributed by atoms with van der Waals surface area (Å²) in [5, 5.41) is 0. The van der Waals surface area contributed by atoms with E-state index in [0.29, 0.717) is 11.7 Å². The normalized spacial score (nSPS) is 15.5. The molecular formula is C16H22F3N3. The number of para-hydroxylation sites is 1. The first kappa shape index (κ1) is 18.1. The minimum absolute atomic E-state index is 0.0937. The molecule has 1 aliphatic carbocycles. The predicted octanol–water partition coefficient (Wildman–Crippen LogP) is 3.63. The van der Waals surface area contributed by atoms with E-state index in [4.69, 9.17) is 11.5 Å². The highest BCUT2D eigenvalue weighted by atomic mass is 19.4. The second-order valence-corrected chi connectivity index (χ2v) is 4.98. The molecule has 122 valence electrons. The molecule has 0 bridgehead atoms. The van der Waals surface area contributed by atoms with Gasteiger partial charge in [0.25, 0.3) is 0 Å². The average molecular weight is 313 g/mol. The Hall–Kier alpha value is -1.95. The molecular weight excluding hydrogens is 291 g/mol. The van der Waals surface area contributed by atoms with Crippen LogP contribution in [0.5, 0.6) is 0 Å². The number of anilines is 1. The van der Waals surface area contributed by atoms with Crippen LogP contribution in [0.4, 0.5) is 18.9 Å². The van der Waals surface area contributed by atoms with E-state index in [1.54, 1.807) is 32.2 Å². The highest BCUT2D eigenvalue weighted by molar-refractivity contribution is 5.59. The third-order valence-electron chi connectivity index (χ3n) is 3.14. The van der Waals surface area contributed by atoms with Gasteiger partial charge in [0.2, 0.25) is 0 Å². The van der Waals surface area contributed by atoms with Crippen LogP contribution < -0.4 is 16.4 Å².